The highest BCUT2D eigenvalue weighted by Gasteiger charge is 2.19. The molecular formula is C12H14N2O2. The molecule has 0 bridgehead atoms. The second kappa shape index (κ2) is 3.79. The number of hydrogen-bond donors (Lipinski definition) is 1. The van der Waals surface area contributed by atoms with E-state index < -0.39 is 0 Å². The lowest BCUT2D eigenvalue weighted by Crippen LogP contribution is -2.36. The maximum Gasteiger partial charge on any atom is 0.228 e. The van der Waals surface area contributed by atoms with Gasteiger partial charge in [-0.2, -0.15) is 0 Å². The first-order valence-corrected chi connectivity index (χ1v) is 5.58. The maximum absolute atomic E-state index is 11.2. The molecular weight excluding hydrogens is 204 g/mol. The van der Waals surface area contributed by atoms with Crippen molar-refractivity contribution in [2.75, 3.05) is 36.5 Å². The Morgan fingerprint density at radius 2 is 2.06 bits per heavy atom. The predicted octanol–water partition coefficient (Wildman–Crippen LogP) is 1.02. The summed E-state index contributed by atoms with van der Waals surface area (Å²) >= 11 is 0. The second-order valence-electron chi connectivity index (χ2n) is 4.17. The molecule has 84 valence electrons. The smallest absolute Gasteiger partial charge is 0.228 e. The van der Waals surface area contributed by atoms with Crippen molar-refractivity contribution < 1.29 is 9.53 Å². The zero-order valence-electron chi connectivity index (χ0n) is 9.03. The third-order valence-electron chi connectivity index (χ3n) is 3.09. The topological polar surface area (TPSA) is 41.6 Å². The van der Waals surface area contributed by atoms with Crippen LogP contribution in [0, 0.1) is 0 Å². The number of fused-ring (bicyclic) bond motifs is 1. The van der Waals surface area contributed by atoms with Crippen molar-refractivity contribution in [1.29, 1.82) is 0 Å². The number of benzene rings is 1. The molecule has 4 heteroatoms. The largest absolute Gasteiger partial charge is 0.378 e. The average molecular weight is 218 g/mol. The molecule has 2 heterocycles. The van der Waals surface area contributed by atoms with Crippen LogP contribution >= 0.6 is 0 Å². The van der Waals surface area contributed by atoms with E-state index in [9.17, 15) is 4.79 Å². The fourth-order valence-electron chi connectivity index (χ4n) is 2.23. The van der Waals surface area contributed by atoms with E-state index in [2.05, 4.69) is 22.3 Å². The highest BCUT2D eigenvalue weighted by atomic mass is 16.5. The van der Waals surface area contributed by atoms with E-state index >= 15 is 0 Å². The van der Waals surface area contributed by atoms with Gasteiger partial charge in [-0.3, -0.25) is 4.79 Å². The van der Waals surface area contributed by atoms with E-state index in [-0.39, 0.29) is 5.91 Å². The zero-order chi connectivity index (χ0) is 11.0. The molecule has 1 aromatic carbocycles. The van der Waals surface area contributed by atoms with Gasteiger partial charge in [0.25, 0.3) is 0 Å². The summed E-state index contributed by atoms with van der Waals surface area (Å²) in [6.07, 6.45) is 0.507. The number of nitrogens with zero attached hydrogens (tertiary/aromatic N) is 1. The molecule has 0 atom stereocenters. The fourth-order valence-corrected chi connectivity index (χ4v) is 2.23. The van der Waals surface area contributed by atoms with Crippen molar-refractivity contribution in [3.63, 3.8) is 0 Å². The predicted molar refractivity (Wildman–Crippen MR) is 61.8 cm³/mol. The summed E-state index contributed by atoms with van der Waals surface area (Å²) < 4.78 is 5.32. The molecule has 1 fully saturated rings. The molecule has 1 aromatic rings. The van der Waals surface area contributed by atoms with Crippen LogP contribution < -0.4 is 10.2 Å². The summed E-state index contributed by atoms with van der Waals surface area (Å²) in [5.41, 5.74) is 3.26. The summed E-state index contributed by atoms with van der Waals surface area (Å²) in [5.74, 6) is 0.0918. The number of hydrogen-bond acceptors (Lipinski definition) is 3. The van der Waals surface area contributed by atoms with E-state index in [0.29, 0.717) is 6.42 Å². The minimum Gasteiger partial charge on any atom is -0.378 e. The van der Waals surface area contributed by atoms with Crippen LogP contribution in [0.2, 0.25) is 0 Å². The van der Waals surface area contributed by atoms with Crippen molar-refractivity contribution in [3.05, 3.63) is 23.8 Å². The number of amides is 1. The molecule has 2 aliphatic heterocycles. The van der Waals surface area contributed by atoms with Gasteiger partial charge >= 0.3 is 0 Å². The van der Waals surface area contributed by atoms with Gasteiger partial charge in [-0.15, -0.1) is 0 Å². The number of carbonyl (C=O) groups is 1. The summed E-state index contributed by atoms with van der Waals surface area (Å²) in [4.78, 5) is 13.5. The van der Waals surface area contributed by atoms with Gasteiger partial charge in [-0.25, -0.2) is 0 Å². The van der Waals surface area contributed by atoms with Crippen LogP contribution in [0.4, 0.5) is 11.4 Å². The summed E-state index contributed by atoms with van der Waals surface area (Å²) in [5, 5.41) is 2.85. The quantitative estimate of drug-likeness (QED) is 0.765. The Morgan fingerprint density at radius 3 is 2.88 bits per heavy atom. The Bertz CT molecular complexity index is 425. The lowest BCUT2D eigenvalue weighted by molar-refractivity contribution is -0.115. The minimum atomic E-state index is 0.0918. The van der Waals surface area contributed by atoms with E-state index in [0.717, 1.165) is 37.6 Å². The normalized spacial score (nSPS) is 19.5. The van der Waals surface area contributed by atoms with Gasteiger partial charge < -0.3 is 15.0 Å². The van der Waals surface area contributed by atoms with Crippen LogP contribution in [0.3, 0.4) is 0 Å². The van der Waals surface area contributed by atoms with Crippen LogP contribution in [0.5, 0.6) is 0 Å². The highest BCUT2D eigenvalue weighted by Crippen LogP contribution is 2.28. The monoisotopic (exact) mass is 218 g/mol. The molecule has 0 spiro atoms. The average Bonchev–Trinajstić information content (AvgIpc) is 2.69. The first-order valence-electron chi connectivity index (χ1n) is 5.58. The molecule has 1 N–H and O–H groups in total. The standard InChI is InChI=1S/C12H14N2O2/c15-12-8-9-7-10(1-2-11(9)13-12)14-3-5-16-6-4-14/h1-2,7H,3-6,8H2,(H,13,15). The van der Waals surface area contributed by atoms with E-state index in [1.54, 1.807) is 0 Å². The molecule has 16 heavy (non-hydrogen) atoms. The van der Waals surface area contributed by atoms with Gasteiger partial charge in [0.2, 0.25) is 5.91 Å². The first-order chi connectivity index (χ1) is 7.83. The Kier molecular flexibility index (Phi) is 2.29. The maximum atomic E-state index is 11.2. The molecule has 0 aromatic heterocycles. The summed E-state index contributed by atoms with van der Waals surface area (Å²) in [6, 6.07) is 6.17. The zero-order valence-corrected chi connectivity index (χ0v) is 9.03. The van der Waals surface area contributed by atoms with Crippen LogP contribution in [0.15, 0.2) is 18.2 Å². The molecule has 4 nitrogen and oxygen atoms in total. The molecule has 3 rings (SSSR count). The van der Waals surface area contributed by atoms with Crippen LogP contribution in [0.1, 0.15) is 5.56 Å². The van der Waals surface area contributed by atoms with Crippen LogP contribution in [-0.2, 0) is 16.0 Å². The van der Waals surface area contributed by atoms with Gasteiger partial charge in [-0.1, -0.05) is 0 Å². The summed E-state index contributed by atoms with van der Waals surface area (Å²) in [6.45, 7) is 3.43. The molecule has 0 aliphatic carbocycles. The van der Waals surface area contributed by atoms with Crippen LogP contribution in [-0.4, -0.2) is 32.2 Å². The lowest BCUT2D eigenvalue weighted by atomic mass is 10.1. The Balaban J connectivity index is 1.86. The van der Waals surface area contributed by atoms with Crippen molar-refractivity contribution in [3.8, 4) is 0 Å². The van der Waals surface area contributed by atoms with Crippen molar-refractivity contribution in [2.45, 2.75) is 6.42 Å². The Morgan fingerprint density at radius 1 is 1.25 bits per heavy atom. The van der Waals surface area contributed by atoms with E-state index in [4.69, 9.17) is 4.74 Å². The fraction of sp³-hybridized carbons (Fsp3) is 0.417. The van der Waals surface area contributed by atoms with Crippen molar-refractivity contribution in [1.82, 2.24) is 0 Å². The first kappa shape index (κ1) is 9.66. The van der Waals surface area contributed by atoms with E-state index in [1.807, 2.05) is 6.07 Å². The molecule has 0 unspecified atom stereocenters. The number of ether oxygens (including phenoxy) is 1. The minimum absolute atomic E-state index is 0.0918. The molecule has 0 radical (unpaired) electrons. The lowest BCUT2D eigenvalue weighted by Gasteiger charge is -2.29. The number of anilines is 2. The van der Waals surface area contributed by atoms with Gasteiger partial charge in [-0.05, 0) is 23.8 Å². The second-order valence-corrected chi connectivity index (χ2v) is 4.17. The van der Waals surface area contributed by atoms with Gasteiger partial charge in [0.15, 0.2) is 0 Å². The Hall–Kier alpha value is -1.55. The third kappa shape index (κ3) is 1.65. The SMILES string of the molecule is O=C1Cc2cc(N3CCOCC3)ccc2N1. The van der Waals surface area contributed by atoms with Gasteiger partial charge in [0, 0.05) is 24.5 Å². The van der Waals surface area contributed by atoms with E-state index in [1.165, 1.54) is 5.69 Å². The number of nitrogens with one attached hydrogen (secondary N) is 1. The molecule has 0 saturated carbocycles. The van der Waals surface area contributed by atoms with Gasteiger partial charge in [0.05, 0.1) is 19.6 Å². The summed E-state index contributed by atoms with van der Waals surface area (Å²) in [7, 11) is 0. The van der Waals surface area contributed by atoms with Crippen molar-refractivity contribution in [2.24, 2.45) is 0 Å². The van der Waals surface area contributed by atoms with Crippen molar-refractivity contribution >= 4 is 17.3 Å². The molecule has 1 amide bonds. The molecule has 2 aliphatic rings. The molecule has 1 saturated heterocycles. The van der Waals surface area contributed by atoms with Gasteiger partial charge in [0.1, 0.15) is 0 Å². The number of rotatable bonds is 1. The highest BCUT2D eigenvalue weighted by molar-refractivity contribution is 5.99. The number of carbonyl (C=O) groups excluding carboxylic acids is 1. The Labute approximate surface area is 94.2 Å². The third-order valence-corrected chi connectivity index (χ3v) is 3.09. The van der Waals surface area contributed by atoms with Crippen LogP contribution in [0.25, 0.3) is 0 Å². The number of morpholine rings is 1.